The monoisotopic (exact) mass is 252 g/mol. The zero-order valence-electron chi connectivity index (χ0n) is 11.3. The highest BCUT2D eigenvalue weighted by Crippen LogP contribution is 2.40. The number of carbonyl (C=O) groups excluding carboxylic acids is 1. The van der Waals surface area contributed by atoms with Gasteiger partial charge in [0.05, 0.1) is 24.7 Å². The summed E-state index contributed by atoms with van der Waals surface area (Å²) in [6, 6.07) is 0. The summed E-state index contributed by atoms with van der Waals surface area (Å²) < 4.78 is 11.0. The first-order valence-corrected chi connectivity index (χ1v) is 7.56. The van der Waals surface area contributed by atoms with E-state index in [2.05, 4.69) is 6.92 Å². The summed E-state index contributed by atoms with van der Waals surface area (Å²) in [7, 11) is 0. The van der Waals surface area contributed by atoms with Crippen LogP contribution in [-0.4, -0.2) is 24.8 Å². The van der Waals surface area contributed by atoms with Gasteiger partial charge in [-0.2, -0.15) is 0 Å². The lowest BCUT2D eigenvalue weighted by molar-refractivity contribution is -0.151. The fraction of sp³-hybridized carbons (Fsp3) is 0.933. The van der Waals surface area contributed by atoms with Crippen LogP contribution in [0.5, 0.6) is 0 Å². The Morgan fingerprint density at radius 3 is 2.78 bits per heavy atom. The standard InChI is InChI=1S/C15H24O3/c1-10-4-2-3-5-12(10)9-17-15(16)11-6-7-13-14(8-11)18-13/h10-14H,2-9H2,1H3. The maximum Gasteiger partial charge on any atom is 0.309 e. The van der Waals surface area contributed by atoms with E-state index in [1.165, 1.54) is 25.7 Å². The average molecular weight is 252 g/mol. The molecule has 1 heterocycles. The Morgan fingerprint density at radius 2 is 2.00 bits per heavy atom. The third kappa shape index (κ3) is 2.71. The van der Waals surface area contributed by atoms with E-state index in [1.54, 1.807) is 0 Å². The molecule has 18 heavy (non-hydrogen) atoms. The van der Waals surface area contributed by atoms with Crippen molar-refractivity contribution in [3.8, 4) is 0 Å². The number of hydrogen-bond acceptors (Lipinski definition) is 3. The van der Waals surface area contributed by atoms with Crippen LogP contribution in [0, 0.1) is 17.8 Å². The number of carbonyl (C=O) groups is 1. The molecule has 0 radical (unpaired) electrons. The van der Waals surface area contributed by atoms with Crippen molar-refractivity contribution in [1.29, 1.82) is 0 Å². The van der Waals surface area contributed by atoms with E-state index in [0.717, 1.165) is 19.3 Å². The van der Waals surface area contributed by atoms with Gasteiger partial charge in [0.1, 0.15) is 0 Å². The Balaban J connectivity index is 1.43. The first-order valence-electron chi connectivity index (χ1n) is 7.56. The van der Waals surface area contributed by atoms with Crippen LogP contribution in [-0.2, 0) is 14.3 Å². The van der Waals surface area contributed by atoms with Crippen molar-refractivity contribution in [3.63, 3.8) is 0 Å². The second kappa shape index (κ2) is 5.20. The van der Waals surface area contributed by atoms with Crippen molar-refractivity contribution in [2.75, 3.05) is 6.61 Å². The molecular weight excluding hydrogens is 228 g/mol. The Bertz CT molecular complexity index is 315. The second-order valence-electron chi connectivity index (χ2n) is 6.37. The predicted molar refractivity (Wildman–Crippen MR) is 68.1 cm³/mol. The number of esters is 1. The fourth-order valence-electron chi connectivity index (χ4n) is 3.57. The summed E-state index contributed by atoms with van der Waals surface area (Å²) in [6.45, 7) is 2.94. The molecule has 3 aliphatic rings. The lowest BCUT2D eigenvalue weighted by Crippen LogP contribution is -2.28. The van der Waals surface area contributed by atoms with E-state index in [9.17, 15) is 4.79 Å². The van der Waals surface area contributed by atoms with Gasteiger partial charge >= 0.3 is 5.97 Å². The molecule has 5 unspecified atom stereocenters. The molecule has 3 heteroatoms. The highest BCUT2D eigenvalue weighted by molar-refractivity contribution is 5.72. The van der Waals surface area contributed by atoms with Crippen LogP contribution in [0.15, 0.2) is 0 Å². The summed E-state index contributed by atoms with van der Waals surface area (Å²) in [5, 5.41) is 0. The van der Waals surface area contributed by atoms with Crippen molar-refractivity contribution in [2.24, 2.45) is 17.8 Å². The Morgan fingerprint density at radius 1 is 1.17 bits per heavy atom. The van der Waals surface area contributed by atoms with Gasteiger partial charge in [0.15, 0.2) is 0 Å². The summed E-state index contributed by atoms with van der Waals surface area (Å²) in [5.41, 5.74) is 0. The van der Waals surface area contributed by atoms with Gasteiger partial charge in [-0.3, -0.25) is 4.79 Å². The summed E-state index contributed by atoms with van der Waals surface area (Å²) in [6.07, 6.45) is 8.89. The zero-order valence-corrected chi connectivity index (χ0v) is 11.3. The van der Waals surface area contributed by atoms with Crippen molar-refractivity contribution < 1.29 is 14.3 Å². The molecule has 0 aromatic heterocycles. The van der Waals surface area contributed by atoms with Gasteiger partial charge in [-0.25, -0.2) is 0 Å². The van der Waals surface area contributed by atoms with Crippen molar-refractivity contribution in [1.82, 2.24) is 0 Å². The molecule has 1 aliphatic heterocycles. The van der Waals surface area contributed by atoms with E-state index in [1.807, 2.05) is 0 Å². The Labute approximate surface area is 109 Å². The smallest absolute Gasteiger partial charge is 0.309 e. The quantitative estimate of drug-likeness (QED) is 0.572. The number of ether oxygens (including phenoxy) is 2. The van der Waals surface area contributed by atoms with E-state index in [0.29, 0.717) is 30.7 Å². The normalized spacial score (nSPS) is 43.1. The summed E-state index contributed by atoms with van der Waals surface area (Å²) >= 11 is 0. The van der Waals surface area contributed by atoms with Gasteiger partial charge in [0.2, 0.25) is 0 Å². The highest BCUT2D eigenvalue weighted by atomic mass is 16.6. The lowest BCUT2D eigenvalue weighted by atomic mass is 9.81. The SMILES string of the molecule is CC1CCCCC1COC(=O)C1CCC2OC2C1. The first-order chi connectivity index (χ1) is 8.74. The minimum Gasteiger partial charge on any atom is -0.465 e. The zero-order chi connectivity index (χ0) is 12.5. The largest absolute Gasteiger partial charge is 0.465 e. The van der Waals surface area contributed by atoms with Crippen molar-refractivity contribution in [2.45, 2.75) is 64.1 Å². The van der Waals surface area contributed by atoms with Crippen LogP contribution in [0.25, 0.3) is 0 Å². The van der Waals surface area contributed by atoms with Gasteiger partial charge in [-0.05, 0) is 37.5 Å². The molecule has 3 rings (SSSR count). The first kappa shape index (κ1) is 12.5. The van der Waals surface area contributed by atoms with Crippen LogP contribution in [0.4, 0.5) is 0 Å². The summed E-state index contributed by atoms with van der Waals surface area (Å²) in [5.74, 6) is 1.44. The molecule has 3 nitrogen and oxygen atoms in total. The Kier molecular flexibility index (Phi) is 3.60. The van der Waals surface area contributed by atoms with Gasteiger partial charge < -0.3 is 9.47 Å². The molecule has 102 valence electrons. The minimum absolute atomic E-state index is 0.0294. The molecule has 2 saturated carbocycles. The minimum atomic E-state index is 0.0294. The van der Waals surface area contributed by atoms with Crippen molar-refractivity contribution in [3.05, 3.63) is 0 Å². The molecule has 0 N–H and O–H groups in total. The molecule has 3 fully saturated rings. The third-order valence-corrected chi connectivity index (χ3v) is 5.07. The van der Waals surface area contributed by atoms with Crippen LogP contribution in [0.2, 0.25) is 0 Å². The number of rotatable bonds is 3. The molecule has 0 bridgehead atoms. The van der Waals surface area contributed by atoms with Gasteiger partial charge in [-0.1, -0.05) is 26.2 Å². The van der Waals surface area contributed by atoms with Crippen molar-refractivity contribution >= 4 is 5.97 Å². The second-order valence-corrected chi connectivity index (χ2v) is 6.37. The topological polar surface area (TPSA) is 38.8 Å². The molecule has 0 amide bonds. The van der Waals surface area contributed by atoms with Gasteiger partial charge in [0, 0.05) is 0 Å². The predicted octanol–water partition coefficient (Wildman–Crippen LogP) is 2.92. The van der Waals surface area contributed by atoms with E-state index in [4.69, 9.17) is 9.47 Å². The van der Waals surface area contributed by atoms with Crippen LogP contribution < -0.4 is 0 Å². The number of hydrogen-bond donors (Lipinski definition) is 0. The molecule has 0 aromatic rings. The summed E-state index contributed by atoms with van der Waals surface area (Å²) in [4.78, 5) is 12.0. The fourth-order valence-corrected chi connectivity index (χ4v) is 3.57. The highest BCUT2D eigenvalue weighted by Gasteiger charge is 2.46. The maximum absolute atomic E-state index is 12.0. The van der Waals surface area contributed by atoms with E-state index >= 15 is 0 Å². The Hall–Kier alpha value is -0.570. The molecule has 0 spiro atoms. The third-order valence-electron chi connectivity index (χ3n) is 5.07. The van der Waals surface area contributed by atoms with Gasteiger partial charge in [0.25, 0.3) is 0 Å². The molecule has 0 aromatic carbocycles. The van der Waals surface area contributed by atoms with Gasteiger partial charge in [-0.15, -0.1) is 0 Å². The maximum atomic E-state index is 12.0. The van der Waals surface area contributed by atoms with Crippen LogP contribution in [0.3, 0.4) is 0 Å². The van der Waals surface area contributed by atoms with E-state index in [-0.39, 0.29) is 11.9 Å². The molecular formula is C15H24O3. The number of fused-ring (bicyclic) bond motifs is 1. The molecule has 2 aliphatic carbocycles. The average Bonchev–Trinajstić information content (AvgIpc) is 3.15. The molecule has 1 saturated heterocycles. The lowest BCUT2D eigenvalue weighted by Gasteiger charge is -2.29. The van der Waals surface area contributed by atoms with E-state index < -0.39 is 0 Å². The number of epoxide rings is 1. The van der Waals surface area contributed by atoms with Crippen LogP contribution >= 0.6 is 0 Å². The molecule has 5 atom stereocenters. The van der Waals surface area contributed by atoms with Crippen LogP contribution in [0.1, 0.15) is 51.9 Å².